The van der Waals surface area contributed by atoms with E-state index in [9.17, 15) is 4.11 Å². The van der Waals surface area contributed by atoms with Gasteiger partial charge in [-0.3, -0.25) is 0 Å². The van der Waals surface area contributed by atoms with E-state index in [-0.39, 0.29) is 46.0 Å². The smallest absolute Gasteiger partial charge is 0.252 e. The Morgan fingerprint density at radius 1 is 0.481 bits per heavy atom. The molecule has 404 valence electrons. The maximum absolute atomic E-state index is 10.3. The topological polar surface area (TPSA) is 22.9 Å². The van der Waals surface area contributed by atoms with Crippen LogP contribution in [0.1, 0.15) is 200 Å². The molecule has 0 radical (unpaired) electrons. The molecule has 14 rings (SSSR count). The van der Waals surface area contributed by atoms with Crippen LogP contribution in [0.15, 0.2) is 126 Å². The number of nitrogens with zero attached hydrogens (tertiary/aromatic N) is 3. The van der Waals surface area contributed by atoms with Gasteiger partial charge in [0, 0.05) is 67.4 Å². The van der Waals surface area contributed by atoms with Crippen LogP contribution in [-0.4, -0.2) is 17.8 Å². The van der Waals surface area contributed by atoms with Crippen molar-refractivity contribution in [1.82, 2.24) is 0 Å². The number of fused-ring (bicyclic) bond motifs is 13. The first-order valence-electron chi connectivity index (χ1n) is 31.6. The quantitative estimate of drug-likeness (QED) is 0.165. The van der Waals surface area contributed by atoms with E-state index in [4.69, 9.17) is 4.42 Å². The highest BCUT2D eigenvalue weighted by Crippen LogP contribution is 2.65. The lowest BCUT2D eigenvalue weighted by Crippen LogP contribution is -2.64. The van der Waals surface area contributed by atoms with Gasteiger partial charge in [-0.05, 0) is 159 Å². The highest BCUT2D eigenvalue weighted by Gasteiger charge is 2.63. The molecule has 4 nitrogen and oxygen atoms in total. The van der Waals surface area contributed by atoms with Crippen molar-refractivity contribution >= 4 is 84.9 Å². The van der Waals surface area contributed by atoms with E-state index in [1.165, 1.54) is 56.4 Å². The number of anilines is 7. The molecule has 4 aliphatic heterocycles. The molecule has 0 amide bonds. The first kappa shape index (κ1) is 47.6. The average molecular weight is 1050 g/mol. The van der Waals surface area contributed by atoms with Gasteiger partial charge in [-0.2, -0.15) is 0 Å². The SMILES string of the molecule is [2H]c1c([2H])c(C(C)(C)C)c([2H])c2c1N(c1cc3c4c(c1)N1c5c(cc(C(C)(C)C)cc5C5(C)CCCCC15C)B4c1cc4c(cc1N3c1ccc(C(C)(C)C)cc1-c1ccccc1)oc1ccc(C(C)(C)C)cc14)C1(C)CCCCC21C. The third-order valence-electron chi connectivity index (χ3n) is 21.4. The van der Waals surface area contributed by atoms with Gasteiger partial charge in [0.2, 0.25) is 0 Å². The van der Waals surface area contributed by atoms with Gasteiger partial charge < -0.3 is 19.1 Å². The van der Waals surface area contributed by atoms with Crippen LogP contribution in [0.4, 0.5) is 39.8 Å². The van der Waals surface area contributed by atoms with Crippen LogP contribution >= 0.6 is 0 Å². The number of hydrogen-bond donors (Lipinski definition) is 0. The van der Waals surface area contributed by atoms with Crippen molar-refractivity contribution < 1.29 is 8.53 Å². The molecule has 5 heterocycles. The van der Waals surface area contributed by atoms with Gasteiger partial charge in [-0.1, -0.05) is 195 Å². The van der Waals surface area contributed by atoms with Crippen LogP contribution in [0.5, 0.6) is 0 Å². The van der Waals surface area contributed by atoms with Crippen molar-refractivity contribution in [1.29, 1.82) is 0 Å². The first-order chi connectivity index (χ1) is 38.4. The predicted octanol–water partition coefficient (Wildman–Crippen LogP) is 18.5. The van der Waals surface area contributed by atoms with Crippen LogP contribution in [0.25, 0.3) is 33.1 Å². The van der Waals surface area contributed by atoms with E-state index >= 15 is 0 Å². The molecule has 1 aromatic heterocycles. The maximum atomic E-state index is 10.3. The van der Waals surface area contributed by atoms with Crippen LogP contribution in [0.2, 0.25) is 0 Å². The van der Waals surface area contributed by atoms with Gasteiger partial charge in [0.05, 0.1) is 20.9 Å². The molecule has 6 aliphatic rings. The van der Waals surface area contributed by atoms with Crippen LogP contribution in [0.3, 0.4) is 0 Å². The molecule has 2 saturated carbocycles. The van der Waals surface area contributed by atoms with Crippen LogP contribution in [0, 0.1) is 0 Å². The van der Waals surface area contributed by atoms with Crippen molar-refractivity contribution in [2.24, 2.45) is 0 Å². The van der Waals surface area contributed by atoms with E-state index in [0.717, 1.165) is 112 Å². The second-order valence-electron chi connectivity index (χ2n) is 30.2. The van der Waals surface area contributed by atoms with Crippen molar-refractivity contribution in [2.45, 2.75) is 206 Å². The molecule has 4 atom stereocenters. The van der Waals surface area contributed by atoms with E-state index < -0.39 is 16.4 Å². The number of benzene rings is 7. The van der Waals surface area contributed by atoms with Crippen LogP contribution in [-0.2, 0) is 32.5 Å². The van der Waals surface area contributed by atoms with E-state index in [2.05, 4.69) is 229 Å². The minimum atomic E-state index is -0.497. The maximum Gasteiger partial charge on any atom is 0.252 e. The lowest BCUT2D eigenvalue weighted by molar-refractivity contribution is 0.194. The second kappa shape index (κ2) is 16.3. The summed E-state index contributed by atoms with van der Waals surface area (Å²) in [6, 6.07) is 41.1. The Hall–Kier alpha value is -6.20. The van der Waals surface area contributed by atoms with Gasteiger partial charge in [0.25, 0.3) is 6.71 Å². The summed E-state index contributed by atoms with van der Waals surface area (Å²) in [5, 5.41) is 2.29. The van der Waals surface area contributed by atoms with Crippen molar-refractivity contribution in [3.63, 3.8) is 0 Å². The molecule has 79 heavy (non-hydrogen) atoms. The predicted molar refractivity (Wildman–Crippen MR) is 339 cm³/mol. The van der Waals surface area contributed by atoms with Crippen LogP contribution < -0.4 is 31.1 Å². The zero-order valence-corrected chi connectivity index (χ0v) is 50.3. The lowest BCUT2D eigenvalue weighted by Gasteiger charge is -2.54. The third kappa shape index (κ3) is 6.92. The Kier molecular flexibility index (Phi) is 9.80. The Bertz CT molecular complexity index is 4070. The summed E-state index contributed by atoms with van der Waals surface area (Å²) in [6.07, 6.45) is 8.46. The molecule has 7 aromatic carbocycles. The molecule has 2 aliphatic carbocycles. The second-order valence-corrected chi connectivity index (χ2v) is 30.2. The molecule has 0 N–H and O–H groups in total. The highest BCUT2D eigenvalue weighted by molar-refractivity contribution is 7.00. The number of furan rings is 1. The van der Waals surface area contributed by atoms with Gasteiger partial charge >= 0.3 is 0 Å². The summed E-state index contributed by atoms with van der Waals surface area (Å²) >= 11 is 0. The summed E-state index contributed by atoms with van der Waals surface area (Å²) in [4.78, 5) is 8.01. The van der Waals surface area contributed by atoms with Crippen molar-refractivity contribution in [3.05, 3.63) is 155 Å². The van der Waals surface area contributed by atoms with Gasteiger partial charge in [-0.15, -0.1) is 0 Å². The minimum absolute atomic E-state index is 0.0484. The molecule has 5 heteroatoms. The lowest BCUT2D eigenvalue weighted by atomic mass is 9.33. The third-order valence-corrected chi connectivity index (χ3v) is 21.4. The molecule has 2 fully saturated rings. The fourth-order valence-corrected chi connectivity index (χ4v) is 16.2. The summed E-state index contributed by atoms with van der Waals surface area (Å²) in [5.41, 5.74) is 20.7. The standard InChI is InChI=1S/C74H84BN3O/c1-67(2,3)46-26-29-58(51(36-46)45-24-18-17-19-25-45)76-60-44-64-53(52-37-47(68(4,5)6)28-31-63(52)79-64)43-56(60)75-57-40-49(70(10,11)12)39-55-66(57)78(74(16)35-23-21-33-72(55,74)14)62-42-50(41-61(76)65(62)75)77-59-30-27-48(69(7,8)9)38-54(59)71(13)32-20-22-34-73(71,77)15/h17-19,24-31,36-44H,20-23,32-35H2,1-16H3/i27D,30D,38D. The summed E-state index contributed by atoms with van der Waals surface area (Å²) < 4.78 is 37.7. The fraction of sp³-hybridized carbons (Fsp3) is 0.432. The number of hydrogen-bond acceptors (Lipinski definition) is 4. The Morgan fingerprint density at radius 2 is 1.08 bits per heavy atom. The van der Waals surface area contributed by atoms with E-state index in [1.54, 1.807) is 0 Å². The first-order valence-corrected chi connectivity index (χ1v) is 30.1. The summed E-state index contributed by atoms with van der Waals surface area (Å²) in [6.45, 7) is 37.3. The Labute approximate surface area is 477 Å². The monoisotopic (exact) mass is 1040 g/mol. The summed E-state index contributed by atoms with van der Waals surface area (Å²) in [7, 11) is 0. The number of rotatable bonds is 3. The van der Waals surface area contributed by atoms with Gasteiger partial charge in [0.15, 0.2) is 0 Å². The minimum Gasteiger partial charge on any atom is -0.456 e. The zero-order valence-electron chi connectivity index (χ0n) is 53.3. The zero-order chi connectivity index (χ0) is 58.1. The summed E-state index contributed by atoms with van der Waals surface area (Å²) in [5.74, 6) is 0. The fourth-order valence-electron chi connectivity index (χ4n) is 16.2. The molecule has 4 unspecified atom stereocenters. The van der Waals surface area contributed by atoms with Gasteiger partial charge in [-0.25, -0.2) is 0 Å². The molecular weight excluding hydrogens is 958 g/mol. The normalized spacial score (nSPS) is 24.7. The molecule has 0 spiro atoms. The van der Waals surface area contributed by atoms with Gasteiger partial charge in [0.1, 0.15) is 11.2 Å². The largest absolute Gasteiger partial charge is 0.456 e. The Morgan fingerprint density at radius 3 is 1.75 bits per heavy atom. The highest BCUT2D eigenvalue weighted by atomic mass is 16.3. The van der Waals surface area contributed by atoms with E-state index in [1.807, 2.05) is 0 Å². The average Bonchev–Trinajstić information content (AvgIpc) is 1.49. The van der Waals surface area contributed by atoms with E-state index in [0.29, 0.717) is 11.6 Å². The van der Waals surface area contributed by atoms with Crippen molar-refractivity contribution in [2.75, 3.05) is 14.7 Å². The van der Waals surface area contributed by atoms with Crippen molar-refractivity contribution in [3.8, 4) is 11.1 Å². The molecular formula is C74H84BN3O. The Balaban J connectivity index is 1.18. The molecule has 8 aromatic rings. The molecule has 0 saturated heterocycles. The molecule has 0 bridgehead atoms.